The summed E-state index contributed by atoms with van der Waals surface area (Å²) in [6.07, 6.45) is -1.74. The van der Waals surface area contributed by atoms with Crippen LogP contribution < -0.4 is 5.32 Å². The molecule has 1 aliphatic heterocycles. The van der Waals surface area contributed by atoms with Gasteiger partial charge in [0, 0.05) is 18.7 Å². The monoisotopic (exact) mass is 324 g/mol. The number of carbonyl (C=O) groups excluding carboxylic acids is 1. The number of halogens is 3. The highest BCUT2D eigenvalue weighted by atomic mass is 32.2. The SMILES string of the molecule is CC(=O)SC1CCNCC1=CCC#N.O=C(O)C(F)(F)F. The number of carboxylic acid groups (broad SMARTS) is 1. The third-order valence-electron chi connectivity index (χ3n) is 2.33. The molecule has 1 atom stereocenters. The smallest absolute Gasteiger partial charge is 0.475 e. The summed E-state index contributed by atoms with van der Waals surface area (Å²) in [5, 5.41) is 19.3. The molecule has 0 aromatic rings. The summed E-state index contributed by atoms with van der Waals surface area (Å²) in [5.41, 5.74) is 1.19. The molecule has 0 bridgehead atoms. The predicted octanol–water partition coefficient (Wildman–Crippen LogP) is 2.10. The second-order valence-corrected chi connectivity index (χ2v) is 5.39. The number of carboxylic acids is 1. The van der Waals surface area contributed by atoms with Crippen molar-refractivity contribution < 1.29 is 27.9 Å². The Hall–Kier alpha value is -1.53. The number of hydrogen-bond donors (Lipinski definition) is 2. The molecule has 1 fully saturated rings. The minimum atomic E-state index is -5.08. The van der Waals surface area contributed by atoms with E-state index >= 15 is 0 Å². The molecule has 1 rings (SSSR count). The summed E-state index contributed by atoms with van der Waals surface area (Å²) in [6, 6.07) is 2.09. The van der Waals surface area contributed by atoms with Crippen molar-refractivity contribution >= 4 is 22.8 Å². The molecule has 1 saturated heterocycles. The number of alkyl halides is 3. The van der Waals surface area contributed by atoms with Crippen molar-refractivity contribution in [3.05, 3.63) is 11.6 Å². The quantitative estimate of drug-likeness (QED) is 0.756. The number of piperidine rings is 1. The topological polar surface area (TPSA) is 90.2 Å². The Morgan fingerprint density at radius 1 is 1.57 bits per heavy atom. The van der Waals surface area contributed by atoms with Gasteiger partial charge in [-0.15, -0.1) is 0 Å². The van der Waals surface area contributed by atoms with E-state index in [0.717, 1.165) is 19.5 Å². The Morgan fingerprint density at radius 2 is 2.14 bits per heavy atom. The first-order valence-corrected chi connectivity index (χ1v) is 6.80. The molecular formula is C12H15F3N2O3S. The average Bonchev–Trinajstić information content (AvgIpc) is 2.36. The van der Waals surface area contributed by atoms with Gasteiger partial charge >= 0.3 is 12.1 Å². The van der Waals surface area contributed by atoms with Crippen molar-refractivity contribution in [2.45, 2.75) is 31.2 Å². The van der Waals surface area contributed by atoms with Crippen LogP contribution in [0.4, 0.5) is 13.2 Å². The molecule has 2 N–H and O–H groups in total. The van der Waals surface area contributed by atoms with Gasteiger partial charge in [-0.25, -0.2) is 4.79 Å². The van der Waals surface area contributed by atoms with Crippen molar-refractivity contribution in [3.8, 4) is 6.07 Å². The molecule has 9 heteroatoms. The lowest BCUT2D eigenvalue weighted by Gasteiger charge is -2.24. The summed E-state index contributed by atoms with van der Waals surface area (Å²) >= 11 is 1.38. The highest BCUT2D eigenvalue weighted by molar-refractivity contribution is 8.14. The van der Waals surface area contributed by atoms with Crippen LogP contribution in [0, 0.1) is 11.3 Å². The van der Waals surface area contributed by atoms with Crippen LogP contribution in [0.5, 0.6) is 0 Å². The maximum absolute atomic E-state index is 11.0. The molecule has 0 aromatic heterocycles. The minimum Gasteiger partial charge on any atom is -0.475 e. The van der Waals surface area contributed by atoms with E-state index < -0.39 is 12.1 Å². The van der Waals surface area contributed by atoms with Gasteiger partial charge in [-0.1, -0.05) is 17.8 Å². The van der Waals surface area contributed by atoms with Gasteiger partial charge in [0.05, 0.1) is 12.5 Å². The Kier molecular flexibility index (Phi) is 8.73. The average molecular weight is 324 g/mol. The number of thioether (sulfide) groups is 1. The molecule has 0 aliphatic carbocycles. The molecule has 21 heavy (non-hydrogen) atoms. The number of nitriles is 1. The molecule has 1 unspecified atom stereocenters. The van der Waals surface area contributed by atoms with E-state index in [-0.39, 0.29) is 10.4 Å². The highest BCUT2D eigenvalue weighted by Crippen LogP contribution is 2.25. The molecule has 118 valence electrons. The number of nitrogens with zero attached hydrogens (tertiary/aromatic N) is 1. The Morgan fingerprint density at radius 3 is 2.57 bits per heavy atom. The number of aliphatic carboxylic acids is 1. The fraction of sp³-hybridized carbons (Fsp3) is 0.583. The van der Waals surface area contributed by atoms with Gasteiger partial charge < -0.3 is 10.4 Å². The first-order chi connectivity index (χ1) is 9.68. The van der Waals surface area contributed by atoms with Crippen LogP contribution in [0.15, 0.2) is 11.6 Å². The van der Waals surface area contributed by atoms with Gasteiger partial charge in [-0.3, -0.25) is 4.79 Å². The molecule has 1 aliphatic rings. The minimum absolute atomic E-state index is 0.153. The lowest BCUT2D eigenvalue weighted by Crippen LogP contribution is -2.32. The molecule has 0 saturated carbocycles. The van der Waals surface area contributed by atoms with Crippen molar-refractivity contribution in [3.63, 3.8) is 0 Å². The molecule has 0 amide bonds. The zero-order chi connectivity index (χ0) is 16.5. The maximum atomic E-state index is 11.0. The number of rotatable bonds is 2. The Balaban J connectivity index is 0.000000486. The normalized spacial score (nSPS) is 20.1. The lowest BCUT2D eigenvalue weighted by atomic mass is 10.1. The van der Waals surface area contributed by atoms with E-state index in [4.69, 9.17) is 15.2 Å². The highest BCUT2D eigenvalue weighted by Gasteiger charge is 2.38. The summed E-state index contributed by atoms with van der Waals surface area (Å²) in [7, 11) is 0. The molecular weight excluding hydrogens is 309 g/mol. The van der Waals surface area contributed by atoms with Gasteiger partial charge in [-0.05, 0) is 18.5 Å². The van der Waals surface area contributed by atoms with Crippen LogP contribution >= 0.6 is 11.8 Å². The second kappa shape index (κ2) is 9.41. The van der Waals surface area contributed by atoms with Crippen molar-refractivity contribution in [1.82, 2.24) is 5.32 Å². The number of nitrogens with one attached hydrogen (secondary N) is 1. The van der Waals surface area contributed by atoms with E-state index in [9.17, 15) is 18.0 Å². The largest absolute Gasteiger partial charge is 0.490 e. The van der Waals surface area contributed by atoms with Crippen molar-refractivity contribution in [1.29, 1.82) is 5.26 Å². The van der Waals surface area contributed by atoms with Crippen LogP contribution in [-0.4, -0.2) is 40.7 Å². The molecule has 1 heterocycles. The van der Waals surface area contributed by atoms with Crippen molar-refractivity contribution in [2.75, 3.05) is 13.1 Å². The first kappa shape index (κ1) is 19.5. The standard InChI is InChI=1S/C10H14N2OS.C2HF3O2/c1-8(13)14-10-4-6-12-7-9(10)3-2-5-11;3-2(4,5)1(6)7/h3,10,12H,2,4,6-7H2,1H3;(H,6,7). The van der Waals surface area contributed by atoms with Crippen LogP contribution in [-0.2, 0) is 9.59 Å². The zero-order valence-corrected chi connectivity index (χ0v) is 12.1. The van der Waals surface area contributed by atoms with E-state index in [2.05, 4.69) is 11.4 Å². The Labute approximate surface area is 124 Å². The summed E-state index contributed by atoms with van der Waals surface area (Å²) in [5.74, 6) is -2.76. The fourth-order valence-corrected chi connectivity index (χ4v) is 2.45. The van der Waals surface area contributed by atoms with Gasteiger partial charge in [-0.2, -0.15) is 18.4 Å². The number of allylic oxidation sites excluding steroid dienone is 1. The van der Waals surface area contributed by atoms with Crippen LogP contribution in [0.25, 0.3) is 0 Å². The molecule has 0 spiro atoms. The molecule has 0 radical (unpaired) electrons. The van der Waals surface area contributed by atoms with E-state index in [1.165, 1.54) is 17.3 Å². The molecule has 5 nitrogen and oxygen atoms in total. The van der Waals surface area contributed by atoms with Crippen LogP contribution in [0.3, 0.4) is 0 Å². The summed E-state index contributed by atoms with van der Waals surface area (Å²) in [4.78, 5) is 19.9. The van der Waals surface area contributed by atoms with Crippen molar-refractivity contribution in [2.24, 2.45) is 0 Å². The van der Waals surface area contributed by atoms with Gasteiger partial charge in [0.15, 0.2) is 5.12 Å². The third-order valence-corrected chi connectivity index (χ3v) is 3.49. The number of carbonyl (C=O) groups is 2. The first-order valence-electron chi connectivity index (χ1n) is 5.92. The number of hydrogen-bond acceptors (Lipinski definition) is 5. The second-order valence-electron chi connectivity index (χ2n) is 4.01. The Bertz CT molecular complexity index is 444. The summed E-state index contributed by atoms with van der Waals surface area (Å²) < 4.78 is 31.7. The van der Waals surface area contributed by atoms with E-state index in [1.807, 2.05) is 6.08 Å². The van der Waals surface area contributed by atoms with Gasteiger partial charge in [0.25, 0.3) is 0 Å². The lowest BCUT2D eigenvalue weighted by molar-refractivity contribution is -0.192. The molecule has 0 aromatic carbocycles. The fourth-order valence-electron chi connectivity index (χ4n) is 1.48. The third kappa shape index (κ3) is 9.10. The van der Waals surface area contributed by atoms with E-state index in [0.29, 0.717) is 6.42 Å². The predicted molar refractivity (Wildman–Crippen MR) is 71.6 cm³/mol. The zero-order valence-electron chi connectivity index (χ0n) is 11.2. The maximum Gasteiger partial charge on any atom is 0.490 e. The van der Waals surface area contributed by atoms with Crippen LogP contribution in [0.2, 0.25) is 0 Å². The van der Waals surface area contributed by atoms with E-state index in [1.54, 1.807) is 6.92 Å². The summed E-state index contributed by atoms with van der Waals surface area (Å²) in [6.45, 7) is 3.36. The van der Waals surface area contributed by atoms with Crippen LogP contribution in [0.1, 0.15) is 19.8 Å². The van der Waals surface area contributed by atoms with Gasteiger partial charge in [0.1, 0.15) is 0 Å². The van der Waals surface area contributed by atoms with Gasteiger partial charge in [0.2, 0.25) is 0 Å².